The molecule has 0 saturated carbocycles. The number of carbonyl (C=O) groups excluding carboxylic acids is 2. The van der Waals surface area contributed by atoms with Crippen LogP contribution < -0.4 is 14.8 Å². The lowest BCUT2D eigenvalue weighted by Crippen LogP contribution is -2.28. The van der Waals surface area contributed by atoms with Crippen molar-refractivity contribution in [3.63, 3.8) is 0 Å². The zero-order chi connectivity index (χ0) is 21.5. The zero-order valence-electron chi connectivity index (χ0n) is 16.9. The summed E-state index contributed by atoms with van der Waals surface area (Å²) in [7, 11) is 1.51. The molecule has 0 aliphatic heterocycles. The van der Waals surface area contributed by atoms with Crippen LogP contribution in [0.25, 0.3) is 0 Å². The monoisotopic (exact) mass is 410 g/mol. The Labute approximate surface area is 173 Å². The lowest BCUT2D eigenvalue weighted by Gasteiger charge is -2.19. The average Bonchev–Trinajstić information content (AvgIpc) is 3.16. The Kier molecular flexibility index (Phi) is 6.69. The van der Waals surface area contributed by atoms with E-state index in [1.54, 1.807) is 55.5 Å². The van der Waals surface area contributed by atoms with E-state index in [1.165, 1.54) is 7.11 Å². The molecule has 1 amide bonds. The van der Waals surface area contributed by atoms with E-state index in [2.05, 4.69) is 10.5 Å². The van der Waals surface area contributed by atoms with Crippen molar-refractivity contribution < 1.29 is 28.3 Å². The maximum Gasteiger partial charge on any atom is 0.345 e. The summed E-state index contributed by atoms with van der Waals surface area (Å²) in [5.74, 6) is -0.0370. The molecule has 1 atom stereocenters. The fraction of sp³-hybridized carbons (Fsp3) is 0.227. The highest BCUT2D eigenvalue weighted by Gasteiger charge is 2.26. The van der Waals surface area contributed by atoms with Crippen molar-refractivity contribution in [2.75, 3.05) is 19.0 Å². The molecule has 3 rings (SSSR count). The average molecular weight is 410 g/mol. The Hall–Kier alpha value is -3.81. The Morgan fingerprint density at radius 3 is 2.53 bits per heavy atom. The smallest absolute Gasteiger partial charge is 0.345 e. The molecule has 3 aromatic rings. The van der Waals surface area contributed by atoms with Crippen LogP contribution >= 0.6 is 0 Å². The van der Waals surface area contributed by atoms with Crippen molar-refractivity contribution in [1.82, 2.24) is 5.16 Å². The van der Waals surface area contributed by atoms with Gasteiger partial charge < -0.3 is 24.1 Å². The van der Waals surface area contributed by atoms with Gasteiger partial charge in [-0.25, -0.2) is 4.79 Å². The molecule has 1 aromatic heterocycles. The fourth-order valence-corrected chi connectivity index (χ4v) is 2.73. The van der Waals surface area contributed by atoms with Gasteiger partial charge in [0.2, 0.25) is 6.10 Å². The summed E-state index contributed by atoms with van der Waals surface area (Å²) >= 11 is 0. The number of aryl methyl sites for hydroxylation is 2. The molecular formula is C22H22N2O6. The van der Waals surface area contributed by atoms with Gasteiger partial charge in [0.15, 0.2) is 6.61 Å². The zero-order valence-corrected chi connectivity index (χ0v) is 16.9. The number of nitrogens with one attached hydrogen (secondary N) is 1. The number of benzene rings is 2. The Morgan fingerprint density at radius 1 is 1.10 bits per heavy atom. The van der Waals surface area contributed by atoms with Crippen LogP contribution in [-0.4, -0.2) is 30.7 Å². The van der Waals surface area contributed by atoms with Crippen molar-refractivity contribution >= 4 is 17.6 Å². The quantitative estimate of drug-likeness (QED) is 0.566. The number of hydrogen-bond acceptors (Lipinski definition) is 7. The molecule has 30 heavy (non-hydrogen) atoms. The predicted molar refractivity (Wildman–Crippen MR) is 108 cm³/mol. The number of aromatic nitrogens is 1. The largest absolute Gasteiger partial charge is 0.495 e. The van der Waals surface area contributed by atoms with Crippen molar-refractivity contribution in [3.05, 3.63) is 71.5 Å². The summed E-state index contributed by atoms with van der Waals surface area (Å²) in [5.41, 5.74) is 1.94. The first-order valence-electron chi connectivity index (χ1n) is 9.22. The molecule has 0 fully saturated rings. The van der Waals surface area contributed by atoms with E-state index < -0.39 is 24.6 Å². The third-order valence-electron chi connectivity index (χ3n) is 4.15. The molecule has 1 N–H and O–H groups in total. The molecule has 0 saturated heterocycles. The number of methoxy groups -OCH3 is 1. The molecule has 1 heterocycles. The summed E-state index contributed by atoms with van der Waals surface area (Å²) in [6, 6.07) is 15.7. The molecule has 0 radical (unpaired) electrons. The van der Waals surface area contributed by atoms with Gasteiger partial charge in [0, 0.05) is 11.6 Å². The number of rotatable bonds is 8. The normalized spacial score (nSPS) is 11.4. The lowest BCUT2D eigenvalue weighted by atomic mass is 10.1. The van der Waals surface area contributed by atoms with Gasteiger partial charge in [0.25, 0.3) is 11.8 Å². The van der Waals surface area contributed by atoms with Crippen molar-refractivity contribution in [2.45, 2.75) is 20.0 Å². The molecule has 0 aliphatic carbocycles. The third kappa shape index (κ3) is 5.38. The van der Waals surface area contributed by atoms with Gasteiger partial charge in [-0.05, 0) is 36.7 Å². The highest BCUT2D eigenvalue weighted by atomic mass is 16.6. The minimum absolute atomic E-state index is 0.162. The van der Waals surface area contributed by atoms with E-state index in [9.17, 15) is 9.59 Å². The minimum Gasteiger partial charge on any atom is -0.495 e. The summed E-state index contributed by atoms with van der Waals surface area (Å²) < 4.78 is 20.9. The first kappa shape index (κ1) is 20.9. The van der Waals surface area contributed by atoms with Crippen LogP contribution in [0.15, 0.2) is 59.1 Å². The van der Waals surface area contributed by atoms with Crippen LogP contribution in [0.2, 0.25) is 0 Å². The number of ether oxygens (including phenoxy) is 3. The van der Waals surface area contributed by atoms with Crippen molar-refractivity contribution in [2.24, 2.45) is 0 Å². The highest BCUT2D eigenvalue weighted by molar-refractivity contribution is 5.97. The summed E-state index contributed by atoms with van der Waals surface area (Å²) in [5, 5.41) is 6.42. The van der Waals surface area contributed by atoms with Gasteiger partial charge in [-0.3, -0.25) is 4.79 Å². The molecule has 0 spiro atoms. The standard InChI is InChI=1S/C22H22N2O6/c1-14-9-10-18(27-3)17(11-14)23-22(26)21(16-7-5-4-6-8-16)29-20(25)13-28-19-12-15(2)30-24-19/h4-12,21H,13H2,1-3H3,(H,23,26)/t21-/m1/s1. The van der Waals surface area contributed by atoms with Crippen LogP contribution in [-0.2, 0) is 14.3 Å². The van der Waals surface area contributed by atoms with E-state index in [1.807, 2.05) is 13.0 Å². The van der Waals surface area contributed by atoms with Crippen LogP contribution in [0.1, 0.15) is 23.0 Å². The van der Waals surface area contributed by atoms with Crippen LogP contribution in [0.3, 0.4) is 0 Å². The molecule has 2 aromatic carbocycles. The molecule has 8 nitrogen and oxygen atoms in total. The van der Waals surface area contributed by atoms with Crippen LogP contribution in [0, 0.1) is 13.8 Å². The maximum absolute atomic E-state index is 13.0. The second-order valence-corrected chi connectivity index (χ2v) is 6.54. The second kappa shape index (κ2) is 9.60. The molecular weight excluding hydrogens is 388 g/mol. The Bertz CT molecular complexity index is 1020. The van der Waals surface area contributed by atoms with E-state index in [0.717, 1.165) is 5.56 Å². The van der Waals surface area contributed by atoms with Crippen LogP contribution in [0.4, 0.5) is 5.69 Å². The van der Waals surface area contributed by atoms with Crippen molar-refractivity contribution in [3.8, 4) is 11.6 Å². The molecule has 0 bridgehead atoms. The summed E-state index contributed by atoms with van der Waals surface area (Å²) in [6.45, 7) is 3.18. The predicted octanol–water partition coefficient (Wildman–Crippen LogP) is 3.60. The molecule has 156 valence electrons. The number of carbonyl (C=O) groups is 2. The van der Waals surface area contributed by atoms with Gasteiger partial charge in [-0.1, -0.05) is 36.4 Å². The number of amides is 1. The SMILES string of the molecule is COc1ccc(C)cc1NC(=O)[C@H](OC(=O)COc1cc(C)on1)c1ccccc1. The third-order valence-corrected chi connectivity index (χ3v) is 4.15. The maximum atomic E-state index is 13.0. The lowest BCUT2D eigenvalue weighted by molar-refractivity contribution is -0.156. The number of nitrogens with zero attached hydrogens (tertiary/aromatic N) is 1. The van der Waals surface area contributed by atoms with E-state index in [-0.39, 0.29) is 5.88 Å². The van der Waals surface area contributed by atoms with Crippen molar-refractivity contribution in [1.29, 1.82) is 0 Å². The first-order chi connectivity index (χ1) is 14.5. The van der Waals surface area contributed by atoms with Gasteiger partial charge in [-0.15, -0.1) is 0 Å². The fourth-order valence-electron chi connectivity index (χ4n) is 2.73. The van der Waals surface area contributed by atoms with E-state index in [0.29, 0.717) is 22.8 Å². The van der Waals surface area contributed by atoms with Gasteiger partial charge in [0.1, 0.15) is 11.5 Å². The van der Waals surface area contributed by atoms with Crippen LogP contribution in [0.5, 0.6) is 11.6 Å². The number of anilines is 1. The van der Waals surface area contributed by atoms with E-state index in [4.69, 9.17) is 18.7 Å². The molecule has 8 heteroatoms. The number of esters is 1. The minimum atomic E-state index is -1.17. The Morgan fingerprint density at radius 2 is 1.87 bits per heavy atom. The van der Waals surface area contributed by atoms with E-state index >= 15 is 0 Å². The summed E-state index contributed by atoms with van der Waals surface area (Å²) in [4.78, 5) is 25.3. The topological polar surface area (TPSA) is 99.9 Å². The van der Waals surface area contributed by atoms with Gasteiger partial charge >= 0.3 is 5.97 Å². The molecule has 0 aliphatic rings. The first-order valence-corrected chi connectivity index (χ1v) is 9.22. The second-order valence-electron chi connectivity index (χ2n) is 6.54. The van der Waals surface area contributed by atoms with Gasteiger partial charge in [-0.2, -0.15) is 0 Å². The summed E-state index contributed by atoms with van der Waals surface area (Å²) in [6.07, 6.45) is -1.17. The number of hydrogen-bond donors (Lipinski definition) is 1. The molecule has 0 unspecified atom stereocenters. The van der Waals surface area contributed by atoms with Gasteiger partial charge in [0.05, 0.1) is 12.8 Å². The highest BCUT2D eigenvalue weighted by Crippen LogP contribution is 2.27. The Balaban J connectivity index is 1.74.